The first-order valence-corrected chi connectivity index (χ1v) is 17.2. The maximum atomic E-state index is 13.6. The highest BCUT2D eigenvalue weighted by Crippen LogP contribution is 2.68. The Morgan fingerprint density at radius 2 is 1.64 bits per heavy atom. The van der Waals surface area contributed by atoms with Crippen LogP contribution in [0.1, 0.15) is 88.9 Å². The van der Waals surface area contributed by atoms with Crippen molar-refractivity contribution >= 4 is 33.5 Å². The molecule has 6 heteroatoms. The summed E-state index contributed by atoms with van der Waals surface area (Å²) >= 11 is 0. The Bertz CT molecular complexity index is 1620. The summed E-state index contributed by atoms with van der Waals surface area (Å²) in [4.78, 5) is 24.9. The smallest absolute Gasteiger partial charge is 0.339 e. The molecule has 3 aromatic rings. The minimum absolute atomic E-state index is 0.0273. The van der Waals surface area contributed by atoms with Gasteiger partial charge >= 0.3 is 11.9 Å². The van der Waals surface area contributed by atoms with Crippen molar-refractivity contribution < 1.29 is 29.6 Å². The van der Waals surface area contributed by atoms with Gasteiger partial charge in [0, 0.05) is 6.42 Å². The van der Waals surface area contributed by atoms with Crippen LogP contribution in [0.4, 0.5) is 0 Å². The van der Waals surface area contributed by atoms with Gasteiger partial charge < -0.3 is 20.1 Å². The van der Waals surface area contributed by atoms with Gasteiger partial charge in [-0.1, -0.05) is 57.2 Å². The largest absolute Gasteiger partial charge is 0.481 e. The number of benzene rings is 3. The van der Waals surface area contributed by atoms with Gasteiger partial charge in [-0.2, -0.15) is 0 Å². The van der Waals surface area contributed by atoms with Crippen LogP contribution in [0, 0.1) is 46.3 Å². The summed E-state index contributed by atoms with van der Waals surface area (Å²) in [5, 5.41) is 37.1. The number of aliphatic carboxylic acids is 1. The highest BCUT2D eigenvalue weighted by Gasteiger charge is 2.65. The van der Waals surface area contributed by atoms with Gasteiger partial charge in [0.1, 0.15) is 6.10 Å². The molecule has 0 aromatic heterocycles. The van der Waals surface area contributed by atoms with E-state index in [4.69, 9.17) is 4.74 Å². The number of esters is 1. The van der Waals surface area contributed by atoms with Crippen LogP contribution < -0.4 is 0 Å². The summed E-state index contributed by atoms with van der Waals surface area (Å²) in [5.41, 5.74) is 0.263. The van der Waals surface area contributed by atoms with Crippen molar-refractivity contribution in [2.45, 2.75) is 96.9 Å². The van der Waals surface area contributed by atoms with Crippen LogP contribution in [0.25, 0.3) is 21.5 Å². The van der Waals surface area contributed by atoms with Gasteiger partial charge in [0.05, 0.1) is 17.8 Å². The van der Waals surface area contributed by atoms with E-state index in [1.54, 1.807) is 0 Å². The molecule has 45 heavy (non-hydrogen) atoms. The number of ether oxygens (including phenoxy) is 1. The van der Waals surface area contributed by atoms with Crippen molar-refractivity contribution in [3.05, 3.63) is 60.2 Å². The third kappa shape index (κ3) is 4.98. The Morgan fingerprint density at radius 1 is 0.911 bits per heavy atom. The second-order valence-electron chi connectivity index (χ2n) is 15.5. The first kappa shape index (κ1) is 30.7. The van der Waals surface area contributed by atoms with E-state index >= 15 is 0 Å². The summed E-state index contributed by atoms with van der Waals surface area (Å²) in [7, 11) is 0. The lowest BCUT2D eigenvalue weighted by Gasteiger charge is -2.63. The molecule has 3 aromatic carbocycles. The molecule has 0 amide bonds. The molecule has 4 aliphatic carbocycles. The molecule has 11 atom stereocenters. The van der Waals surface area contributed by atoms with Gasteiger partial charge in [0.2, 0.25) is 0 Å². The Kier molecular flexibility index (Phi) is 7.76. The number of aliphatic hydroxyl groups is 2. The number of hydrogen-bond acceptors (Lipinski definition) is 5. The molecule has 0 spiro atoms. The monoisotopic (exact) mass is 612 g/mol. The molecule has 240 valence electrons. The molecule has 4 aliphatic rings. The normalized spacial score (nSPS) is 38.2. The summed E-state index contributed by atoms with van der Waals surface area (Å²) in [6, 6.07) is 18.2. The highest BCUT2D eigenvalue weighted by molar-refractivity contribution is 6.09. The fourth-order valence-electron chi connectivity index (χ4n) is 11.1. The Hall–Kier alpha value is -2.96. The molecule has 4 fully saturated rings. The van der Waals surface area contributed by atoms with E-state index in [9.17, 15) is 24.9 Å². The average molecular weight is 613 g/mol. The van der Waals surface area contributed by atoms with Crippen LogP contribution in [0.15, 0.2) is 54.6 Å². The average Bonchev–Trinajstić information content (AvgIpc) is 3.38. The third-order valence-electron chi connectivity index (χ3n) is 13.6. The number of aliphatic hydroxyl groups excluding tert-OH is 2. The molecule has 0 aliphatic heterocycles. The van der Waals surface area contributed by atoms with Gasteiger partial charge in [-0.25, -0.2) is 4.79 Å². The zero-order chi connectivity index (χ0) is 31.7. The van der Waals surface area contributed by atoms with E-state index in [1.807, 2.05) is 30.3 Å². The van der Waals surface area contributed by atoms with E-state index in [0.717, 1.165) is 53.6 Å². The molecule has 3 N–H and O–H groups in total. The fraction of sp³-hybridized carbons (Fsp3) is 0.590. The molecule has 0 radical (unpaired) electrons. The number of carbonyl (C=O) groups is 2. The Labute approximate surface area is 266 Å². The summed E-state index contributed by atoms with van der Waals surface area (Å²) in [6.07, 6.45) is 5.47. The zero-order valence-electron chi connectivity index (χ0n) is 26.8. The number of rotatable bonds is 6. The summed E-state index contributed by atoms with van der Waals surface area (Å²) in [6.45, 7) is 6.74. The van der Waals surface area contributed by atoms with Crippen molar-refractivity contribution in [1.29, 1.82) is 0 Å². The predicted octanol–water partition coefficient (Wildman–Crippen LogP) is 7.62. The molecular formula is C39H48O6. The Morgan fingerprint density at radius 3 is 2.40 bits per heavy atom. The van der Waals surface area contributed by atoms with Gasteiger partial charge in [-0.05, 0) is 137 Å². The van der Waals surface area contributed by atoms with Gasteiger partial charge in [0.15, 0.2) is 0 Å². The molecule has 0 heterocycles. The van der Waals surface area contributed by atoms with Crippen molar-refractivity contribution in [1.82, 2.24) is 0 Å². The minimum atomic E-state index is -0.764. The lowest BCUT2D eigenvalue weighted by Crippen LogP contribution is -2.62. The second-order valence-corrected chi connectivity index (χ2v) is 15.5. The van der Waals surface area contributed by atoms with Crippen LogP contribution in [0.2, 0.25) is 0 Å². The van der Waals surface area contributed by atoms with Crippen LogP contribution >= 0.6 is 0 Å². The molecule has 4 saturated carbocycles. The quantitative estimate of drug-likeness (QED) is 0.195. The molecule has 7 rings (SSSR count). The van der Waals surface area contributed by atoms with E-state index < -0.39 is 18.2 Å². The number of hydrogen-bond donors (Lipinski definition) is 3. The number of carboxylic acids is 1. The van der Waals surface area contributed by atoms with Crippen molar-refractivity contribution in [3.8, 4) is 0 Å². The van der Waals surface area contributed by atoms with E-state index in [-0.39, 0.29) is 64.8 Å². The van der Waals surface area contributed by atoms with Gasteiger partial charge in [-0.3, -0.25) is 4.79 Å². The van der Waals surface area contributed by atoms with Crippen molar-refractivity contribution in [2.24, 2.45) is 46.3 Å². The lowest BCUT2D eigenvalue weighted by molar-refractivity contribution is -0.207. The molecule has 0 bridgehead atoms. The summed E-state index contributed by atoms with van der Waals surface area (Å²) < 4.78 is 6.24. The van der Waals surface area contributed by atoms with Crippen molar-refractivity contribution in [2.75, 3.05) is 0 Å². The number of fused-ring (bicyclic) bond motifs is 7. The zero-order valence-corrected chi connectivity index (χ0v) is 26.8. The van der Waals surface area contributed by atoms with E-state index in [1.165, 1.54) is 0 Å². The van der Waals surface area contributed by atoms with Crippen molar-refractivity contribution in [3.63, 3.8) is 0 Å². The van der Waals surface area contributed by atoms with Crippen LogP contribution in [0.5, 0.6) is 0 Å². The standard InChI is InChI=1S/C39H48O6/c1-22(11-14-35(42)43)30-12-13-31-36-32(21-34(41)39(30,31)3)38(2)16-15-27(19-26(38)20-33(36)40)45-37(44)28-10-6-9-25-17-23-7-4-5-8-24(23)18-29(25)28/h4-10,17-18,22,26-27,30-34,36,40-41H,11-16,19-21H2,1-3H3,(H,42,43)/t22-,26+,27-,30-,31+,32+,33-,34+,36+,38+,39-/m1/s1. The SMILES string of the molecule is C[C@H](CCC(=O)O)[C@H]1CC[C@H]2[C@@H]3[C@H](O)C[C@@H]4C[C@H](OC(=O)c5cccc6cc7ccccc7cc56)CC[C@]4(C)[C@H]3C[C@H](O)[C@]12C. The number of carboxylic acid groups (broad SMARTS) is 1. The second kappa shape index (κ2) is 11.4. The maximum absolute atomic E-state index is 13.6. The van der Waals surface area contributed by atoms with Crippen LogP contribution in [-0.2, 0) is 9.53 Å². The van der Waals surface area contributed by atoms with E-state index in [0.29, 0.717) is 24.8 Å². The minimum Gasteiger partial charge on any atom is -0.481 e. The van der Waals surface area contributed by atoms with Gasteiger partial charge in [0.25, 0.3) is 0 Å². The molecular weight excluding hydrogens is 564 g/mol. The predicted molar refractivity (Wildman–Crippen MR) is 175 cm³/mol. The summed E-state index contributed by atoms with van der Waals surface area (Å²) in [5.74, 6) is 0.247. The topological polar surface area (TPSA) is 104 Å². The molecule has 0 unspecified atom stereocenters. The lowest BCUT2D eigenvalue weighted by atomic mass is 9.43. The first-order valence-electron chi connectivity index (χ1n) is 17.2. The third-order valence-corrected chi connectivity index (χ3v) is 13.6. The van der Waals surface area contributed by atoms with Crippen LogP contribution in [0.3, 0.4) is 0 Å². The maximum Gasteiger partial charge on any atom is 0.339 e. The fourth-order valence-corrected chi connectivity index (χ4v) is 11.1. The number of carbonyl (C=O) groups excluding carboxylic acids is 1. The Balaban J connectivity index is 1.08. The van der Waals surface area contributed by atoms with Gasteiger partial charge in [-0.15, -0.1) is 0 Å². The molecule has 6 nitrogen and oxygen atoms in total. The molecule has 0 saturated heterocycles. The van der Waals surface area contributed by atoms with E-state index in [2.05, 4.69) is 45.0 Å². The highest BCUT2D eigenvalue weighted by atomic mass is 16.5. The van der Waals surface area contributed by atoms with Crippen LogP contribution in [-0.4, -0.2) is 45.6 Å². The first-order chi connectivity index (χ1) is 21.5.